The Balaban J connectivity index is 1.67. The van der Waals surface area contributed by atoms with E-state index in [-0.39, 0.29) is 34.4 Å². The number of imidazole rings is 1. The number of nitrogens with one attached hydrogen (secondary N) is 1. The van der Waals surface area contributed by atoms with Crippen LogP contribution in [-0.2, 0) is 29.3 Å². The zero-order valence-electron chi connectivity index (χ0n) is 18.1. The van der Waals surface area contributed by atoms with Crippen LogP contribution in [0.15, 0.2) is 30.7 Å². The zero-order valence-corrected chi connectivity index (χ0v) is 19.0. The van der Waals surface area contributed by atoms with Crippen LogP contribution < -0.4 is 4.90 Å². The molecule has 7 nitrogen and oxygen atoms in total. The van der Waals surface area contributed by atoms with Crippen LogP contribution in [0.5, 0.6) is 0 Å². The molecule has 1 aromatic heterocycles. The normalized spacial score (nSPS) is 29.6. The van der Waals surface area contributed by atoms with Crippen LogP contribution in [-0.4, -0.2) is 52.0 Å². The summed E-state index contributed by atoms with van der Waals surface area (Å²) in [5.74, 6) is -0.0352. The molecule has 14 heteroatoms. The average Bonchev–Trinajstić information content (AvgIpc) is 3.39. The van der Waals surface area contributed by atoms with Gasteiger partial charge in [-0.1, -0.05) is 0 Å². The predicted octanol–water partition coefficient (Wildman–Crippen LogP) is 3.63. The SMILES string of the molecule is O=S(=O)(N1Cc2cc(C(F)(F)F)ccc2N(Cc2cnc[nH]2)[C@@H](C23CC(O)C(C2)C3)C1)C(F)(F)F. The first-order chi connectivity index (χ1) is 16.2. The lowest BCUT2D eigenvalue weighted by atomic mass is 9.64. The second kappa shape index (κ2) is 7.84. The van der Waals surface area contributed by atoms with Gasteiger partial charge in [0, 0.05) is 31.0 Å². The number of rotatable bonds is 4. The Kier molecular flexibility index (Phi) is 5.46. The molecular formula is C21H22F6N4O3S. The molecule has 2 aromatic rings. The van der Waals surface area contributed by atoms with Gasteiger partial charge in [0.05, 0.1) is 30.2 Å². The van der Waals surface area contributed by atoms with Crippen molar-refractivity contribution in [2.45, 2.75) is 56.2 Å². The number of nitrogens with zero attached hydrogens (tertiary/aromatic N) is 3. The number of anilines is 1. The molecule has 0 saturated heterocycles. The molecule has 192 valence electrons. The fraction of sp³-hybridized carbons (Fsp3) is 0.571. The van der Waals surface area contributed by atoms with E-state index in [0.29, 0.717) is 24.6 Å². The highest BCUT2D eigenvalue weighted by atomic mass is 32.2. The third-order valence-electron chi connectivity index (χ3n) is 7.55. The first kappa shape index (κ1) is 24.4. The summed E-state index contributed by atoms with van der Waals surface area (Å²) in [6, 6.07) is 1.92. The van der Waals surface area contributed by atoms with E-state index in [1.165, 1.54) is 18.6 Å². The van der Waals surface area contributed by atoms with E-state index in [1.807, 2.05) is 0 Å². The van der Waals surface area contributed by atoms with Crippen molar-refractivity contribution in [3.05, 3.63) is 47.5 Å². The summed E-state index contributed by atoms with van der Waals surface area (Å²) in [6.45, 7) is -1.38. The van der Waals surface area contributed by atoms with Gasteiger partial charge in [-0.15, -0.1) is 0 Å². The first-order valence-corrected chi connectivity index (χ1v) is 12.3. The number of alkyl halides is 6. The summed E-state index contributed by atoms with van der Waals surface area (Å²) >= 11 is 0. The molecule has 0 radical (unpaired) electrons. The number of aliphatic hydroxyl groups is 1. The third kappa shape index (κ3) is 3.99. The number of hydrogen-bond donors (Lipinski definition) is 2. The lowest BCUT2D eigenvalue weighted by molar-refractivity contribution is -0.137. The second-order valence-corrected chi connectivity index (χ2v) is 11.5. The molecule has 1 aliphatic heterocycles. The Labute approximate surface area is 196 Å². The minimum Gasteiger partial charge on any atom is -0.393 e. The molecule has 1 unspecified atom stereocenters. The lowest BCUT2D eigenvalue weighted by Gasteiger charge is -2.50. The molecule has 0 spiro atoms. The highest BCUT2D eigenvalue weighted by molar-refractivity contribution is 7.89. The van der Waals surface area contributed by atoms with Gasteiger partial charge in [0.25, 0.3) is 0 Å². The van der Waals surface area contributed by atoms with Crippen molar-refractivity contribution >= 4 is 15.7 Å². The van der Waals surface area contributed by atoms with Crippen molar-refractivity contribution in [2.75, 3.05) is 11.4 Å². The molecule has 2 N–H and O–H groups in total. The zero-order chi connectivity index (χ0) is 25.4. The lowest BCUT2D eigenvalue weighted by Crippen LogP contribution is -2.56. The van der Waals surface area contributed by atoms with Gasteiger partial charge in [-0.05, 0) is 54.4 Å². The molecular weight excluding hydrogens is 502 g/mol. The fourth-order valence-electron chi connectivity index (χ4n) is 5.90. The number of aromatic amines is 1. The van der Waals surface area contributed by atoms with Crippen LogP contribution in [0.3, 0.4) is 0 Å². The summed E-state index contributed by atoms with van der Waals surface area (Å²) in [7, 11) is -5.84. The van der Waals surface area contributed by atoms with Gasteiger partial charge >= 0.3 is 21.7 Å². The summed E-state index contributed by atoms with van der Waals surface area (Å²) in [6.07, 6.45) is -1.28. The van der Waals surface area contributed by atoms with Crippen molar-refractivity contribution in [1.29, 1.82) is 0 Å². The van der Waals surface area contributed by atoms with Crippen molar-refractivity contribution < 1.29 is 39.9 Å². The number of hydrogen-bond acceptors (Lipinski definition) is 5. The van der Waals surface area contributed by atoms with E-state index >= 15 is 0 Å². The van der Waals surface area contributed by atoms with Crippen LogP contribution >= 0.6 is 0 Å². The van der Waals surface area contributed by atoms with Gasteiger partial charge in [-0.3, -0.25) is 0 Å². The topological polar surface area (TPSA) is 89.5 Å². The van der Waals surface area contributed by atoms with Crippen molar-refractivity contribution in [3.63, 3.8) is 0 Å². The van der Waals surface area contributed by atoms with Crippen LogP contribution in [0.1, 0.15) is 36.1 Å². The largest absolute Gasteiger partial charge is 0.511 e. The van der Waals surface area contributed by atoms with Gasteiger partial charge in [0.1, 0.15) is 0 Å². The van der Waals surface area contributed by atoms with Gasteiger partial charge < -0.3 is 15.0 Å². The molecule has 0 amide bonds. The highest BCUT2D eigenvalue weighted by Gasteiger charge is 2.62. The molecule has 2 heterocycles. The van der Waals surface area contributed by atoms with Crippen LogP contribution in [0.25, 0.3) is 0 Å². The Morgan fingerprint density at radius 2 is 1.86 bits per heavy atom. The average molecular weight is 524 g/mol. The number of halogens is 6. The quantitative estimate of drug-likeness (QED) is 0.597. The fourth-order valence-corrected chi connectivity index (χ4v) is 6.84. The first-order valence-electron chi connectivity index (χ1n) is 10.9. The van der Waals surface area contributed by atoms with Gasteiger partial charge in [0.2, 0.25) is 0 Å². The molecule has 4 aliphatic rings. The molecule has 2 bridgehead atoms. The predicted molar refractivity (Wildman–Crippen MR) is 111 cm³/mol. The van der Waals surface area contributed by atoms with Gasteiger partial charge in [-0.2, -0.15) is 30.6 Å². The Bertz CT molecular complexity index is 1210. The number of aromatic nitrogens is 2. The summed E-state index contributed by atoms with van der Waals surface area (Å²) in [4.78, 5) is 8.49. The van der Waals surface area contributed by atoms with E-state index < -0.39 is 57.9 Å². The van der Waals surface area contributed by atoms with Crippen LogP contribution in [0.2, 0.25) is 0 Å². The maximum atomic E-state index is 13.6. The van der Waals surface area contributed by atoms with Crippen LogP contribution in [0.4, 0.5) is 32.0 Å². The summed E-state index contributed by atoms with van der Waals surface area (Å²) in [5.41, 5.74) is -6.78. The minimum absolute atomic E-state index is 0.0352. The molecule has 3 aliphatic carbocycles. The van der Waals surface area contributed by atoms with Gasteiger partial charge in [-0.25, -0.2) is 13.4 Å². The maximum Gasteiger partial charge on any atom is 0.511 e. The maximum absolute atomic E-state index is 13.6. The second-order valence-electron chi connectivity index (χ2n) is 9.61. The van der Waals surface area contributed by atoms with Crippen molar-refractivity contribution in [1.82, 2.24) is 14.3 Å². The number of aliphatic hydroxyl groups excluding tert-OH is 1. The number of sulfonamides is 1. The number of benzene rings is 1. The highest BCUT2D eigenvalue weighted by Crippen LogP contribution is 2.62. The number of fused-ring (bicyclic) bond motifs is 2. The molecule has 6 rings (SSSR count). The molecule has 35 heavy (non-hydrogen) atoms. The number of H-pyrrole nitrogens is 1. The Hall–Kier alpha value is -2.32. The van der Waals surface area contributed by atoms with E-state index in [2.05, 4.69) is 9.97 Å². The standard InChI is InChI=1S/C21H22F6N4O3S/c22-20(23,24)14-1-2-16-12(3-14)8-30(35(33,34)21(25,26)27)10-18(19-4-13(5-19)17(32)6-19)31(16)9-15-7-28-11-29-15/h1-3,7,11,13,17-18,32H,4-6,8-10H2,(H,28,29)/t13?,17?,18-,19?/m1/s1. The van der Waals surface area contributed by atoms with E-state index in [4.69, 9.17) is 0 Å². The van der Waals surface area contributed by atoms with Crippen molar-refractivity contribution in [2.24, 2.45) is 11.3 Å². The molecule has 2 atom stereocenters. The van der Waals surface area contributed by atoms with E-state index in [0.717, 1.165) is 6.07 Å². The molecule has 3 saturated carbocycles. The molecule has 3 fully saturated rings. The third-order valence-corrected chi connectivity index (χ3v) is 9.09. The van der Waals surface area contributed by atoms with Gasteiger partial charge in [0.15, 0.2) is 0 Å². The molecule has 1 aromatic carbocycles. The monoisotopic (exact) mass is 524 g/mol. The summed E-state index contributed by atoms with van der Waals surface area (Å²) < 4.78 is 106. The Morgan fingerprint density at radius 3 is 2.40 bits per heavy atom. The van der Waals surface area contributed by atoms with E-state index in [1.54, 1.807) is 4.90 Å². The smallest absolute Gasteiger partial charge is 0.393 e. The Morgan fingerprint density at radius 1 is 1.14 bits per heavy atom. The van der Waals surface area contributed by atoms with Crippen LogP contribution in [0, 0.1) is 11.3 Å². The summed E-state index contributed by atoms with van der Waals surface area (Å²) in [5, 5.41) is 10.4. The minimum atomic E-state index is -5.84. The van der Waals surface area contributed by atoms with Crippen molar-refractivity contribution in [3.8, 4) is 0 Å². The van der Waals surface area contributed by atoms with E-state index in [9.17, 15) is 39.9 Å².